The van der Waals surface area contributed by atoms with Gasteiger partial charge in [0.2, 0.25) is 5.91 Å². The van der Waals surface area contributed by atoms with Gasteiger partial charge in [0.15, 0.2) is 0 Å². The summed E-state index contributed by atoms with van der Waals surface area (Å²) in [5.41, 5.74) is 0.432. The molecule has 2 N–H and O–H groups in total. The van der Waals surface area contributed by atoms with Gasteiger partial charge in [-0.2, -0.15) is 5.10 Å². The number of amides is 1. The lowest BCUT2D eigenvalue weighted by Gasteiger charge is -2.37. The maximum Gasteiger partial charge on any atom is 0.225 e. The highest BCUT2D eigenvalue weighted by molar-refractivity contribution is 5.77. The number of H-pyrrole nitrogens is 1. The number of aliphatic hydroxyl groups is 1. The lowest BCUT2D eigenvalue weighted by molar-refractivity contribution is -0.139. The largest absolute Gasteiger partial charge is 0.389 e. The van der Waals surface area contributed by atoms with Crippen molar-refractivity contribution in [3.05, 3.63) is 18.0 Å². The van der Waals surface area contributed by atoms with Crippen LogP contribution in [-0.2, 0) is 4.79 Å². The van der Waals surface area contributed by atoms with Crippen molar-refractivity contribution < 1.29 is 9.90 Å². The molecule has 2 aliphatic rings. The van der Waals surface area contributed by atoms with Crippen LogP contribution in [0.5, 0.6) is 0 Å². The van der Waals surface area contributed by atoms with E-state index in [1.165, 1.54) is 12.0 Å². The molecule has 0 aromatic carbocycles. The minimum Gasteiger partial charge on any atom is -0.389 e. The molecule has 21 heavy (non-hydrogen) atoms. The molecule has 1 saturated heterocycles. The molecule has 5 heteroatoms. The molecular weight excluding hydrogens is 266 g/mol. The van der Waals surface area contributed by atoms with Crippen LogP contribution in [0.2, 0.25) is 0 Å². The number of aromatic amines is 1. The molecule has 5 nitrogen and oxygen atoms in total. The SMILES string of the molecule is O=C(CC1(O)CCCCC1)N1CCCC(c2cn[nH]c2)C1. The van der Waals surface area contributed by atoms with Crippen molar-refractivity contribution in [1.29, 1.82) is 0 Å². The molecule has 1 unspecified atom stereocenters. The molecule has 1 atom stereocenters. The number of nitrogens with one attached hydrogen (secondary N) is 1. The Hall–Kier alpha value is -1.36. The van der Waals surface area contributed by atoms with Gasteiger partial charge in [-0.3, -0.25) is 9.89 Å². The molecule has 1 aromatic heterocycles. The average molecular weight is 291 g/mol. The van der Waals surface area contributed by atoms with E-state index in [2.05, 4.69) is 10.2 Å². The number of rotatable bonds is 3. The normalized spacial score (nSPS) is 25.8. The zero-order valence-electron chi connectivity index (χ0n) is 12.6. The summed E-state index contributed by atoms with van der Waals surface area (Å²) >= 11 is 0. The van der Waals surface area contributed by atoms with E-state index >= 15 is 0 Å². The summed E-state index contributed by atoms with van der Waals surface area (Å²) in [6.07, 6.45) is 11.0. The van der Waals surface area contributed by atoms with Gasteiger partial charge >= 0.3 is 0 Å². The third-order valence-electron chi connectivity index (χ3n) is 5.03. The third kappa shape index (κ3) is 3.46. The van der Waals surface area contributed by atoms with Crippen LogP contribution in [0.25, 0.3) is 0 Å². The van der Waals surface area contributed by atoms with Gasteiger partial charge in [-0.15, -0.1) is 0 Å². The van der Waals surface area contributed by atoms with Crippen molar-refractivity contribution in [2.24, 2.45) is 0 Å². The molecule has 2 fully saturated rings. The molecule has 1 amide bonds. The predicted octanol–water partition coefficient (Wildman–Crippen LogP) is 2.20. The highest BCUT2D eigenvalue weighted by atomic mass is 16.3. The van der Waals surface area contributed by atoms with Crippen LogP contribution in [0.1, 0.15) is 62.8 Å². The van der Waals surface area contributed by atoms with Crippen molar-refractivity contribution in [3.8, 4) is 0 Å². The van der Waals surface area contributed by atoms with Gasteiger partial charge in [0, 0.05) is 25.2 Å². The van der Waals surface area contributed by atoms with Crippen LogP contribution in [-0.4, -0.2) is 44.8 Å². The van der Waals surface area contributed by atoms with Crippen molar-refractivity contribution >= 4 is 5.91 Å². The number of aromatic nitrogens is 2. The van der Waals surface area contributed by atoms with Crippen molar-refractivity contribution in [1.82, 2.24) is 15.1 Å². The number of hydrogen-bond donors (Lipinski definition) is 2. The van der Waals surface area contributed by atoms with Crippen molar-refractivity contribution in [2.75, 3.05) is 13.1 Å². The fourth-order valence-electron chi connectivity index (χ4n) is 3.74. The number of nitrogens with zero attached hydrogens (tertiary/aromatic N) is 2. The Balaban J connectivity index is 1.59. The van der Waals surface area contributed by atoms with E-state index in [0.29, 0.717) is 12.3 Å². The van der Waals surface area contributed by atoms with E-state index in [0.717, 1.165) is 51.6 Å². The van der Waals surface area contributed by atoms with Gasteiger partial charge < -0.3 is 10.0 Å². The van der Waals surface area contributed by atoms with Crippen molar-refractivity contribution in [3.63, 3.8) is 0 Å². The average Bonchev–Trinajstić information content (AvgIpc) is 3.02. The minimum absolute atomic E-state index is 0.118. The molecular formula is C16H25N3O2. The van der Waals surface area contributed by atoms with Gasteiger partial charge in [0.1, 0.15) is 0 Å². The molecule has 3 rings (SSSR count). The van der Waals surface area contributed by atoms with E-state index in [-0.39, 0.29) is 5.91 Å². The van der Waals surface area contributed by atoms with Crippen LogP contribution in [0.4, 0.5) is 0 Å². The second-order valence-corrected chi connectivity index (χ2v) is 6.67. The number of hydrogen-bond acceptors (Lipinski definition) is 3. The molecule has 0 bridgehead atoms. The minimum atomic E-state index is -0.752. The van der Waals surface area contributed by atoms with Crippen LogP contribution in [0, 0.1) is 0 Å². The molecule has 2 heterocycles. The topological polar surface area (TPSA) is 69.2 Å². The highest BCUT2D eigenvalue weighted by Crippen LogP contribution is 2.33. The molecule has 1 saturated carbocycles. The Morgan fingerprint density at radius 1 is 1.38 bits per heavy atom. The Morgan fingerprint density at radius 3 is 2.90 bits per heavy atom. The summed E-state index contributed by atoms with van der Waals surface area (Å²) in [5, 5.41) is 17.4. The van der Waals surface area contributed by atoms with E-state index in [9.17, 15) is 9.90 Å². The van der Waals surface area contributed by atoms with E-state index in [4.69, 9.17) is 0 Å². The van der Waals surface area contributed by atoms with E-state index in [1.54, 1.807) is 0 Å². The molecule has 0 spiro atoms. The van der Waals surface area contributed by atoms with Crippen LogP contribution in [0.3, 0.4) is 0 Å². The quantitative estimate of drug-likeness (QED) is 0.897. The highest BCUT2D eigenvalue weighted by Gasteiger charge is 2.34. The van der Waals surface area contributed by atoms with Crippen LogP contribution in [0.15, 0.2) is 12.4 Å². The molecule has 1 aromatic rings. The van der Waals surface area contributed by atoms with Gasteiger partial charge in [-0.25, -0.2) is 0 Å². The Kier molecular flexibility index (Phi) is 4.29. The first-order valence-electron chi connectivity index (χ1n) is 8.15. The maximum atomic E-state index is 12.5. The smallest absolute Gasteiger partial charge is 0.225 e. The van der Waals surface area contributed by atoms with Crippen LogP contribution >= 0.6 is 0 Å². The zero-order chi connectivity index (χ0) is 14.7. The molecule has 1 aliphatic carbocycles. The third-order valence-corrected chi connectivity index (χ3v) is 5.03. The maximum absolute atomic E-state index is 12.5. The summed E-state index contributed by atoms with van der Waals surface area (Å²) < 4.78 is 0. The van der Waals surface area contributed by atoms with Gasteiger partial charge in [0.05, 0.1) is 18.2 Å². The van der Waals surface area contributed by atoms with Gasteiger partial charge in [-0.05, 0) is 31.2 Å². The first-order chi connectivity index (χ1) is 10.2. The van der Waals surface area contributed by atoms with E-state index < -0.39 is 5.60 Å². The van der Waals surface area contributed by atoms with Crippen LogP contribution < -0.4 is 0 Å². The summed E-state index contributed by atoms with van der Waals surface area (Å²) in [5.74, 6) is 0.495. The second-order valence-electron chi connectivity index (χ2n) is 6.67. The zero-order valence-corrected chi connectivity index (χ0v) is 12.6. The summed E-state index contributed by atoms with van der Waals surface area (Å²) in [6, 6.07) is 0. The number of carbonyl (C=O) groups excluding carboxylic acids is 1. The molecule has 0 radical (unpaired) electrons. The lowest BCUT2D eigenvalue weighted by Crippen LogP contribution is -2.44. The molecule has 1 aliphatic heterocycles. The molecule has 116 valence electrons. The Bertz CT molecular complexity index is 466. The first kappa shape index (κ1) is 14.6. The summed E-state index contributed by atoms with van der Waals surface area (Å²) in [4.78, 5) is 14.5. The monoisotopic (exact) mass is 291 g/mol. The predicted molar refractivity (Wildman–Crippen MR) is 79.8 cm³/mol. The Labute approximate surface area is 125 Å². The van der Waals surface area contributed by atoms with Crippen molar-refractivity contribution in [2.45, 2.75) is 62.9 Å². The number of piperidine rings is 1. The number of likely N-dealkylation sites (tertiary alicyclic amines) is 1. The summed E-state index contributed by atoms with van der Waals surface area (Å²) in [6.45, 7) is 1.58. The standard InChI is InChI=1S/C16H25N3O2/c20-15(9-16(21)6-2-1-3-7-16)19-8-4-5-13(12-19)14-10-17-18-11-14/h10-11,13,21H,1-9,12H2,(H,17,18). The summed E-state index contributed by atoms with van der Waals surface area (Å²) in [7, 11) is 0. The van der Waals surface area contributed by atoms with E-state index in [1.807, 2.05) is 17.3 Å². The first-order valence-corrected chi connectivity index (χ1v) is 8.15. The fourth-order valence-corrected chi connectivity index (χ4v) is 3.74. The fraction of sp³-hybridized carbons (Fsp3) is 0.750. The number of carbonyl (C=O) groups is 1. The van der Waals surface area contributed by atoms with Gasteiger partial charge in [-0.1, -0.05) is 19.3 Å². The second kappa shape index (κ2) is 6.18. The lowest BCUT2D eigenvalue weighted by atomic mass is 9.82. The van der Waals surface area contributed by atoms with Gasteiger partial charge in [0.25, 0.3) is 0 Å². The Morgan fingerprint density at radius 2 is 2.19 bits per heavy atom.